The van der Waals surface area contributed by atoms with Crippen LogP contribution in [0, 0.1) is 17.2 Å². The molecule has 1 aromatic heterocycles. The SMILES string of the molecule is CCN(C(=O)c1cc(F)ccc1Oc1nncnc1N1CCC2(C1)CN(C(CCCCNC(=O)OC(C)(C)C)C(C)C)C2)C(C)C. The Balaban J connectivity index is 1.36. The van der Waals surface area contributed by atoms with E-state index in [0.29, 0.717) is 30.9 Å². The number of alkyl carbamates (subject to hydrolysis) is 1. The van der Waals surface area contributed by atoms with Crippen molar-refractivity contribution in [2.45, 2.75) is 98.8 Å². The van der Waals surface area contributed by atoms with E-state index in [4.69, 9.17) is 9.47 Å². The average Bonchev–Trinajstić information content (AvgIpc) is 3.40. The van der Waals surface area contributed by atoms with E-state index in [9.17, 15) is 14.0 Å². The second-order valence-corrected chi connectivity index (χ2v) is 14.3. The Morgan fingerprint density at radius 1 is 1.13 bits per heavy atom. The number of carbonyl (C=O) groups excluding carboxylic acids is 2. The minimum Gasteiger partial charge on any atom is -0.444 e. The van der Waals surface area contributed by atoms with Crippen LogP contribution in [0.4, 0.5) is 15.0 Å². The summed E-state index contributed by atoms with van der Waals surface area (Å²) >= 11 is 0. The van der Waals surface area contributed by atoms with Crippen molar-refractivity contribution in [3.63, 3.8) is 0 Å². The van der Waals surface area contributed by atoms with E-state index in [1.165, 1.54) is 24.5 Å². The second kappa shape index (κ2) is 14.9. The Bertz CT molecular complexity index is 1340. The van der Waals surface area contributed by atoms with Crippen molar-refractivity contribution in [2.75, 3.05) is 44.2 Å². The molecule has 1 spiro atoms. The molecule has 2 aliphatic heterocycles. The molecule has 2 fully saturated rings. The van der Waals surface area contributed by atoms with Crippen LogP contribution in [0.5, 0.6) is 11.6 Å². The van der Waals surface area contributed by atoms with Gasteiger partial charge in [0.15, 0.2) is 5.82 Å². The van der Waals surface area contributed by atoms with Gasteiger partial charge in [-0.1, -0.05) is 20.3 Å². The van der Waals surface area contributed by atoms with Crippen LogP contribution in [-0.2, 0) is 4.74 Å². The first-order valence-electron chi connectivity index (χ1n) is 16.6. The first kappa shape index (κ1) is 35.3. The minimum atomic E-state index is -0.513. The maximum atomic E-state index is 14.3. The highest BCUT2D eigenvalue weighted by atomic mass is 19.1. The van der Waals surface area contributed by atoms with Gasteiger partial charge in [0.25, 0.3) is 11.8 Å². The van der Waals surface area contributed by atoms with Gasteiger partial charge < -0.3 is 24.6 Å². The van der Waals surface area contributed by atoms with Gasteiger partial charge in [-0.25, -0.2) is 14.2 Å². The van der Waals surface area contributed by atoms with Crippen LogP contribution in [0.2, 0.25) is 0 Å². The highest BCUT2D eigenvalue weighted by Gasteiger charge is 2.50. The predicted octanol–water partition coefficient (Wildman–Crippen LogP) is 5.91. The number of anilines is 1. The molecule has 4 rings (SSSR count). The first-order valence-corrected chi connectivity index (χ1v) is 16.6. The molecule has 0 radical (unpaired) electrons. The molecule has 2 saturated heterocycles. The fraction of sp³-hybridized carbons (Fsp3) is 0.676. The number of unbranched alkanes of at least 4 members (excludes halogenated alkanes) is 1. The lowest BCUT2D eigenvalue weighted by Crippen LogP contribution is -2.61. The molecule has 1 N–H and O–H groups in total. The van der Waals surface area contributed by atoms with Gasteiger partial charge in [0.05, 0.1) is 5.56 Å². The average molecular weight is 642 g/mol. The molecule has 12 heteroatoms. The summed E-state index contributed by atoms with van der Waals surface area (Å²) in [4.78, 5) is 36.3. The van der Waals surface area contributed by atoms with Crippen LogP contribution in [0.3, 0.4) is 0 Å². The van der Waals surface area contributed by atoms with Gasteiger partial charge in [-0.15, -0.1) is 10.2 Å². The molecule has 3 heterocycles. The zero-order chi connectivity index (χ0) is 33.6. The molecular formula is C34H52FN7O4. The van der Waals surface area contributed by atoms with Crippen molar-refractivity contribution in [3.8, 4) is 11.6 Å². The van der Waals surface area contributed by atoms with E-state index in [-0.39, 0.29) is 40.7 Å². The third kappa shape index (κ3) is 8.83. The monoisotopic (exact) mass is 641 g/mol. The highest BCUT2D eigenvalue weighted by molar-refractivity contribution is 5.97. The molecule has 0 bridgehead atoms. The Morgan fingerprint density at radius 2 is 1.87 bits per heavy atom. The van der Waals surface area contributed by atoms with Crippen molar-refractivity contribution in [1.82, 2.24) is 30.3 Å². The highest BCUT2D eigenvalue weighted by Crippen LogP contribution is 2.44. The third-order valence-electron chi connectivity index (χ3n) is 8.82. The molecule has 0 aliphatic carbocycles. The molecule has 1 aromatic carbocycles. The number of amides is 2. The molecule has 2 aromatic rings. The quantitative estimate of drug-likeness (QED) is 0.267. The number of nitrogens with one attached hydrogen (secondary N) is 1. The molecule has 1 unspecified atom stereocenters. The number of benzene rings is 1. The largest absolute Gasteiger partial charge is 0.444 e. The fourth-order valence-electron chi connectivity index (χ4n) is 6.65. The maximum Gasteiger partial charge on any atom is 0.407 e. The Kier molecular flexibility index (Phi) is 11.5. The fourth-order valence-corrected chi connectivity index (χ4v) is 6.65. The number of rotatable bonds is 13. The van der Waals surface area contributed by atoms with Crippen molar-refractivity contribution >= 4 is 17.8 Å². The summed E-state index contributed by atoms with van der Waals surface area (Å²) in [6.45, 7) is 20.6. The van der Waals surface area contributed by atoms with Gasteiger partial charge in [0, 0.05) is 56.8 Å². The van der Waals surface area contributed by atoms with E-state index < -0.39 is 11.4 Å². The molecular weight excluding hydrogens is 589 g/mol. The second-order valence-electron chi connectivity index (χ2n) is 14.3. The molecule has 1 atom stereocenters. The van der Waals surface area contributed by atoms with Crippen LogP contribution in [0.15, 0.2) is 24.5 Å². The van der Waals surface area contributed by atoms with Crippen LogP contribution in [0.1, 0.15) is 91.4 Å². The molecule has 2 amide bonds. The summed E-state index contributed by atoms with van der Waals surface area (Å²) in [7, 11) is 0. The van der Waals surface area contributed by atoms with Gasteiger partial charge in [-0.2, -0.15) is 0 Å². The number of hydrogen-bond acceptors (Lipinski definition) is 9. The van der Waals surface area contributed by atoms with E-state index in [1.807, 2.05) is 41.5 Å². The van der Waals surface area contributed by atoms with Crippen molar-refractivity contribution in [1.29, 1.82) is 0 Å². The lowest BCUT2D eigenvalue weighted by atomic mass is 9.76. The van der Waals surface area contributed by atoms with Gasteiger partial charge in [0.1, 0.15) is 23.5 Å². The lowest BCUT2D eigenvalue weighted by Gasteiger charge is -2.53. The summed E-state index contributed by atoms with van der Waals surface area (Å²) in [5.74, 6) is 0.692. The lowest BCUT2D eigenvalue weighted by molar-refractivity contribution is -0.0340. The number of carbonyl (C=O) groups is 2. The van der Waals surface area contributed by atoms with Gasteiger partial charge in [0.2, 0.25) is 0 Å². The number of ether oxygens (including phenoxy) is 2. The number of aromatic nitrogens is 3. The molecule has 254 valence electrons. The van der Waals surface area contributed by atoms with E-state index >= 15 is 0 Å². The van der Waals surface area contributed by atoms with Crippen molar-refractivity contribution in [2.24, 2.45) is 11.3 Å². The summed E-state index contributed by atoms with van der Waals surface area (Å²) in [6, 6.07) is 4.37. The Morgan fingerprint density at radius 3 is 2.52 bits per heavy atom. The summed E-state index contributed by atoms with van der Waals surface area (Å²) in [5.41, 5.74) is -0.200. The van der Waals surface area contributed by atoms with Gasteiger partial charge in [-0.05, 0) is 84.9 Å². The number of nitrogens with zero attached hydrogens (tertiary/aromatic N) is 6. The van der Waals surface area contributed by atoms with Crippen LogP contribution >= 0.6 is 0 Å². The van der Waals surface area contributed by atoms with Crippen LogP contribution < -0.4 is 15.0 Å². The first-order chi connectivity index (χ1) is 21.7. The Labute approximate surface area is 273 Å². The summed E-state index contributed by atoms with van der Waals surface area (Å²) in [5, 5.41) is 11.1. The zero-order valence-electron chi connectivity index (χ0n) is 28.8. The van der Waals surface area contributed by atoms with E-state index in [2.05, 4.69) is 44.1 Å². The Hall–Kier alpha value is -3.54. The number of hydrogen-bond donors (Lipinski definition) is 1. The summed E-state index contributed by atoms with van der Waals surface area (Å²) in [6.07, 6.45) is 5.08. The van der Waals surface area contributed by atoms with Crippen LogP contribution in [-0.4, -0.2) is 93.9 Å². The standard InChI is InChI=1S/C34H52FN7O4/c1-9-42(24(4)5)31(43)26-18-25(35)13-14-28(26)45-30-29(37-22-38-39-30)40-17-15-34(19-40)20-41(21-34)27(23(2)3)12-10-11-16-36-32(44)46-33(6,7)8/h13-14,18,22-24,27H,9-12,15-17,19-21H2,1-8H3,(H,36,44). The van der Waals surface area contributed by atoms with E-state index in [0.717, 1.165) is 51.9 Å². The van der Waals surface area contributed by atoms with Gasteiger partial charge >= 0.3 is 6.09 Å². The zero-order valence-corrected chi connectivity index (χ0v) is 28.8. The molecule has 2 aliphatic rings. The molecule has 46 heavy (non-hydrogen) atoms. The normalized spacial score (nSPS) is 16.9. The van der Waals surface area contributed by atoms with Crippen LogP contribution in [0.25, 0.3) is 0 Å². The maximum absolute atomic E-state index is 14.3. The van der Waals surface area contributed by atoms with E-state index in [1.54, 1.807) is 4.90 Å². The number of halogens is 1. The molecule has 11 nitrogen and oxygen atoms in total. The van der Waals surface area contributed by atoms with Crippen molar-refractivity contribution in [3.05, 3.63) is 35.9 Å². The smallest absolute Gasteiger partial charge is 0.407 e. The minimum absolute atomic E-state index is 0.0540. The third-order valence-corrected chi connectivity index (χ3v) is 8.82. The molecule has 0 saturated carbocycles. The summed E-state index contributed by atoms with van der Waals surface area (Å²) < 4.78 is 25.8. The number of likely N-dealkylation sites (tertiary alicyclic amines) is 1. The topological polar surface area (TPSA) is 113 Å². The van der Waals surface area contributed by atoms with Gasteiger partial charge in [-0.3, -0.25) is 9.69 Å². The predicted molar refractivity (Wildman–Crippen MR) is 176 cm³/mol. The van der Waals surface area contributed by atoms with Crippen molar-refractivity contribution < 1.29 is 23.5 Å².